The fourth-order valence-corrected chi connectivity index (χ4v) is 1.74. The molecule has 0 aromatic heterocycles. The molecule has 16 heavy (non-hydrogen) atoms. The molecule has 2 atom stereocenters. The van der Waals surface area contributed by atoms with Crippen molar-refractivity contribution in [1.29, 1.82) is 0 Å². The van der Waals surface area contributed by atoms with Crippen LogP contribution in [0.25, 0.3) is 0 Å². The zero-order valence-corrected chi connectivity index (χ0v) is 9.74. The molecule has 0 bridgehead atoms. The van der Waals surface area contributed by atoms with Crippen LogP contribution < -0.4 is 11.1 Å². The van der Waals surface area contributed by atoms with Gasteiger partial charge in [0.15, 0.2) is 0 Å². The molecular weight excluding hydrogens is 228 g/mol. The lowest BCUT2D eigenvalue weighted by Crippen LogP contribution is -2.37. The van der Waals surface area contributed by atoms with Gasteiger partial charge in [-0.15, -0.1) is 0 Å². The van der Waals surface area contributed by atoms with Crippen LogP contribution in [-0.4, -0.2) is 24.2 Å². The number of carbonyl (C=O) groups is 1. The number of carboxylic acids is 1. The van der Waals surface area contributed by atoms with E-state index in [1.54, 1.807) is 19.2 Å². The van der Waals surface area contributed by atoms with Gasteiger partial charge in [0.2, 0.25) is 0 Å². The topological polar surface area (TPSA) is 75.3 Å². The third-order valence-corrected chi connectivity index (χ3v) is 2.63. The van der Waals surface area contributed by atoms with Gasteiger partial charge in [-0.1, -0.05) is 23.7 Å². The molecule has 5 heteroatoms. The Balaban J connectivity index is 2.81. The SMILES string of the molecule is CNC(c1ccc(Cl)cc1)C(N)CC(=O)O. The lowest BCUT2D eigenvalue weighted by Gasteiger charge is -2.22. The summed E-state index contributed by atoms with van der Waals surface area (Å²) in [6.07, 6.45) is -0.0753. The van der Waals surface area contributed by atoms with E-state index in [9.17, 15) is 4.79 Å². The molecule has 0 spiro atoms. The number of nitrogens with one attached hydrogen (secondary N) is 1. The molecule has 4 N–H and O–H groups in total. The number of carboxylic acid groups (broad SMARTS) is 1. The first-order valence-corrected chi connectivity index (χ1v) is 5.32. The minimum absolute atomic E-state index is 0.0753. The van der Waals surface area contributed by atoms with Crippen LogP contribution in [0, 0.1) is 0 Å². The van der Waals surface area contributed by atoms with E-state index in [2.05, 4.69) is 5.32 Å². The maximum atomic E-state index is 10.6. The van der Waals surface area contributed by atoms with Crippen molar-refractivity contribution in [1.82, 2.24) is 5.32 Å². The first-order valence-electron chi connectivity index (χ1n) is 4.94. The Morgan fingerprint density at radius 2 is 2.06 bits per heavy atom. The van der Waals surface area contributed by atoms with Crippen LogP contribution in [-0.2, 0) is 4.79 Å². The molecule has 0 heterocycles. The Morgan fingerprint density at radius 3 is 2.50 bits per heavy atom. The van der Waals surface area contributed by atoms with Crippen molar-refractivity contribution in [2.75, 3.05) is 7.05 Å². The molecular formula is C11H15ClN2O2. The van der Waals surface area contributed by atoms with E-state index in [0.717, 1.165) is 5.56 Å². The highest BCUT2D eigenvalue weighted by atomic mass is 35.5. The van der Waals surface area contributed by atoms with Crippen molar-refractivity contribution in [2.24, 2.45) is 5.73 Å². The smallest absolute Gasteiger partial charge is 0.304 e. The van der Waals surface area contributed by atoms with Crippen molar-refractivity contribution >= 4 is 17.6 Å². The second kappa shape index (κ2) is 5.84. The van der Waals surface area contributed by atoms with Crippen molar-refractivity contribution in [2.45, 2.75) is 18.5 Å². The highest BCUT2D eigenvalue weighted by molar-refractivity contribution is 6.30. The third kappa shape index (κ3) is 3.48. The van der Waals surface area contributed by atoms with E-state index in [0.29, 0.717) is 5.02 Å². The second-order valence-electron chi connectivity index (χ2n) is 3.58. The maximum Gasteiger partial charge on any atom is 0.304 e. The summed E-state index contributed by atoms with van der Waals surface area (Å²) < 4.78 is 0. The summed E-state index contributed by atoms with van der Waals surface area (Å²) in [5, 5.41) is 12.3. The number of likely N-dealkylation sites (N-methyl/N-ethyl adjacent to an activating group) is 1. The number of nitrogens with two attached hydrogens (primary N) is 1. The average molecular weight is 243 g/mol. The summed E-state index contributed by atoms with van der Waals surface area (Å²) >= 11 is 5.78. The molecule has 0 saturated heterocycles. The second-order valence-corrected chi connectivity index (χ2v) is 4.02. The number of rotatable bonds is 5. The number of halogens is 1. The van der Waals surface area contributed by atoms with Crippen molar-refractivity contribution in [3.8, 4) is 0 Å². The van der Waals surface area contributed by atoms with E-state index < -0.39 is 12.0 Å². The Morgan fingerprint density at radius 1 is 1.50 bits per heavy atom. The molecule has 1 aromatic carbocycles. The van der Waals surface area contributed by atoms with Crippen LogP contribution in [0.2, 0.25) is 5.02 Å². The summed E-state index contributed by atoms with van der Waals surface area (Å²) in [7, 11) is 1.75. The van der Waals surface area contributed by atoms with Gasteiger partial charge in [0.05, 0.1) is 6.42 Å². The zero-order valence-electron chi connectivity index (χ0n) is 8.98. The van der Waals surface area contributed by atoms with Gasteiger partial charge in [0.25, 0.3) is 0 Å². The first-order chi connectivity index (χ1) is 7.54. The third-order valence-electron chi connectivity index (χ3n) is 2.38. The lowest BCUT2D eigenvalue weighted by molar-refractivity contribution is -0.137. The van der Waals surface area contributed by atoms with Crippen LogP contribution in [0.1, 0.15) is 18.0 Å². The molecule has 0 radical (unpaired) electrons. The van der Waals surface area contributed by atoms with Crippen molar-refractivity contribution in [3.05, 3.63) is 34.9 Å². The Hall–Kier alpha value is -1.10. The first kappa shape index (κ1) is 13.0. The number of hydrogen-bond acceptors (Lipinski definition) is 3. The summed E-state index contributed by atoms with van der Waals surface area (Å²) in [6, 6.07) is 6.54. The summed E-state index contributed by atoms with van der Waals surface area (Å²) in [4.78, 5) is 10.6. The molecule has 0 aliphatic carbocycles. The van der Waals surface area contributed by atoms with Crippen molar-refractivity contribution in [3.63, 3.8) is 0 Å². The molecule has 1 rings (SSSR count). The monoisotopic (exact) mass is 242 g/mol. The molecule has 0 aliphatic heterocycles. The van der Waals surface area contributed by atoms with Gasteiger partial charge in [-0.25, -0.2) is 0 Å². The van der Waals surface area contributed by atoms with Crippen LogP contribution >= 0.6 is 11.6 Å². The van der Waals surface area contributed by atoms with Crippen LogP contribution in [0.3, 0.4) is 0 Å². The normalized spacial score (nSPS) is 14.4. The fourth-order valence-electron chi connectivity index (χ4n) is 1.62. The largest absolute Gasteiger partial charge is 0.481 e. The molecule has 0 aliphatic rings. The average Bonchev–Trinajstić information content (AvgIpc) is 2.21. The standard InChI is InChI=1S/C11H15ClN2O2/c1-14-11(9(13)6-10(15)16)7-2-4-8(12)5-3-7/h2-5,9,11,14H,6,13H2,1H3,(H,15,16). The highest BCUT2D eigenvalue weighted by Crippen LogP contribution is 2.19. The van der Waals surface area contributed by atoms with Gasteiger partial charge >= 0.3 is 5.97 Å². The van der Waals surface area contributed by atoms with Gasteiger partial charge in [0, 0.05) is 17.1 Å². The van der Waals surface area contributed by atoms with Gasteiger partial charge in [-0.3, -0.25) is 4.79 Å². The summed E-state index contributed by atoms with van der Waals surface area (Å²) in [5.74, 6) is -0.901. The van der Waals surface area contributed by atoms with Gasteiger partial charge in [-0.2, -0.15) is 0 Å². The van der Waals surface area contributed by atoms with Gasteiger partial charge in [0.1, 0.15) is 0 Å². The molecule has 0 fully saturated rings. The molecule has 4 nitrogen and oxygen atoms in total. The number of hydrogen-bond donors (Lipinski definition) is 3. The van der Waals surface area contributed by atoms with Gasteiger partial charge < -0.3 is 16.2 Å². The number of aliphatic carboxylic acids is 1. The molecule has 0 amide bonds. The van der Waals surface area contributed by atoms with E-state index >= 15 is 0 Å². The van der Waals surface area contributed by atoms with E-state index in [-0.39, 0.29) is 12.5 Å². The lowest BCUT2D eigenvalue weighted by atomic mass is 9.98. The summed E-state index contributed by atoms with van der Waals surface area (Å²) in [6.45, 7) is 0. The van der Waals surface area contributed by atoms with E-state index in [1.807, 2.05) is 12.1 Å². The Labute approximate surface area is 99.4 Å². The minimum atomic E-state index is -0.901. The molecule has 1 aromatic rings. The van der Waals surface area contributed by atoms with Crippen molar-refractivity contribution < 1.29 is 9.90 Å². The maximum absolute atomic E-state index is 10.6. The summed E-state index contributed by atoms with van der Waals surface area (Å²) in [5.41, 5.74) is 6.75. The van der Waals surface area contributed by atoms with E-state index in [1.165, 1.54) is 0 Å². The fraction of sp³-hybridized carbons (Fsp3) is 0.364. The quantitative estimate of drug-likeness (QED) is 0.730. The predicted octanol–water partition coefficient (Wildman–Crippen LogP) is 1.40. The molecule has 2 unspecified atom stereocenters. The highest BCUT2D eigenvalue weighted by Gasteiger charge is 2.20. The van der Waals surface area contributed by atoms with E-state index in [4.69, 9.17) is 22.4 Å². The van der Waals surface area contributed by atoms with Crippen LogP contribution in [0.5, 0.6) is 0 Å². The molecule has 88 valence electrons. The minimum Gasteiger partial charge on any atom is -0.481 e. The van der Waals surface area contributed by atoms with Gasteiger partial charge in [-0.05, 0) is 24.7 Å². The number of benzene rings is 1. The zero-order chi connectivity index (χ0) is 12.1. The molecule has 0 saturated carbocycles. The van der Waals surface area contributed by atoms with Crippen LogP contribution in [0.4, 0.5) is 0 Å². The Kier molecular flexibility index (Phi) is 4.73. The Bertz CT molecular complexity index is 354. The van der Waals surface area contributed by atoms with Crippen LogP contribution in [0.15, 0.2) is 24.3 Å². The predicted molar refractivity (Wildman–Crippen MR) is 63.5 cm³/mol.